The number of aromatic amines is 2. The van der Waals surface area contributed by atoms with Gasteiger partial charge in [0.05, 0.1) is 34.9 Å². The molecule has 6 heterocycles. The van der Waals surface area contributed by atoms with E-state index in [0.717, 1.165) is 0 Å². The molecule has 0 spiro atoms. The second kappa shape index (κ2) is 9.19. The normalized spacial score (nSPS) is 15.4. The van der Waals surface area contributed by atoms with Crippen LogP contribution < -0.4 is 0 Å². The van der Waals surface area contributed by atoms with Gasteiger partial charge in [-0.25, -0.2) is 22.5 Å². The molecule has 6 aromatic rings. The number of likely N-dealkylation sites (tertiary alicyclic amines) is 1. The highest BCUT2D eigenvalue weighted by atomic mass is 19.3. The summed E-state index contributed by atoms with van der Waals surface area (Å²) in [5.41, 5.74) is 3.88. The highest BCUT2D eigenvalue weighted by Crippen LogP contribution is 2.34. The molecule has 0 amide bonds. The maximum Gasteiger partial charge on any atom is 0.261 e. The molecule has 0 radical (unpaired) electrons. The lowest BCUT2D eigenvalue weighted by atomic mass is 10.1. The zero-order chi connectivity index (χ0) is 27.4. The molecule has 0 aliphatic carbocycles. The van der Waals surface area contributed by atoms with Crippen LogP contribution in [0.15, 0.2) is 61.2 Å². The molecule has 1 aromatic carbocycles. The van der Waals surface area contributed by atoms with Gasteiger partial charge in [-0.15, -0.1) is 0 Å². The number of fused-ring (bicyclic) bond motifs is 2. The molecule has 0 saturated carbocycles. The van der Waals surface area contributed by atoms with Crippen LogP contribution in [-0.4, -0.2) is 59.0 Å². The van der Waals surface area contributed by atoms with E-state index in [9.17, 15) is 13.2 Å². The Bertz CT molecular complexity index is 1900. The van der Waals surface area contributed by atoms with Crippen molar-refractivity contribution in [2.24, 2.45) is 0 Å². The molecule has 7 rings (SSSR count). The summed E-state index contributed by atoms with van der Waals surface area (Å²) in [6.45, 7) is 0.238. The number of imidazole rings is 1. The van der Waals surface area contributed by atoms with Crippen molar-refractivity contribution in [3.8, 4) is 34.0 Å². The number of hydrogen-bond acceptors (Lipinski definition) is 6. The topological polar surface area (TPSA) is 99.3 Å². The third-order valence-corrected chi connectivity index (χ3v) is 6.99. The average Bonchev–Trinajstić information content (AvgIpc) is 3.65. The summed E-state index contributed by atoms with van der Waals surface area (Å²) >= 11 is 0. The summed E-state index contributed by atoms with van der Waals surface area (Å²) < 4.78 is 57.2. The molecule has 12 heteroatoms. The summed E-state index contributed by atoms with van der Waals surface area (Å²) in [4.78, 5) is 22.3. The van der Waals surface area contributed by atoms with E-state index in [1.807, 2.05) is 0 Å². The number of H-pyrrole nitrogens is 2. The van der Waals surface area contributed by atoms with Crippen molar-refractivity contribution in [2.45, 2.75) is 18.9 Å². The molecule has 0 unspecified atom stereocenters. The number of nitrogens with one attached hydrogen (secondary N) is 2. The molecule has 1 fully saturated rings. The van der Waals surface area contributed by atoms with Gasteiger partial charge in [-0.2, -0.15) is 5.10 Å². The monoisotopic (exact) mass is 544 g/mol. The number of halogens is 4. The van der Waals surface area contributed by atoms with Crippen molar-refractivity contribution in [3.05, 3.63) is 78.4 Å². The maximum atomic E-state index is 16.1. The van der Waals surface area contributed by atoms with E-state index in [-0.39, 0.29) is 42.8 Å². The first-order valence-corrected chi connectivity index (χ1v) is 12.5. The van der Waals surface area contributed by atoms with E-state index < -0.39 is 17.6 Å². The number of alkyl halides is 2. The first-order chi connectivity index (χ1) is 19.3. The zero-order valence-electron chi connectivity index (χ0n) is 20.8. The second-order valence-corrected chi connectivity index (χ2v) is 9.83. The fraction of sp³-hybridized carbons (Fsp3) is 0.179. The Morgan fingerprint density at radius 3 is 2.65 bits per heavy atom. The molecule has 1 saturated heterocycles. The minimum absolute atomic E-state index is 0.0504. The van der Waals surface area contributed by atoms with E-state index in [4.69, 9.17) is 0 Å². The van der Waals surface area contributed by atoms with Gasteiger partial charge in [0.25, 0.3) is 5.92 Å². The third kappa shape index (κ3) is 4.26. The van der Waals surface area contributed by atoms with Gasteiger partial charge in [-0.3, -0.25) is 25.0 Å². The van der Waals surface area contributed by atoms with Crippen LogP contribution in [0.3, 0.4) is 0 Å². The van der Waals surface area contributed by atoms with Crippen LogP contribution in [0.1, 0.15) is 12.0 Å². The van der Waals surface area contributed by atoms with Crippen molar-refractivity contribution < 1.29 is 17.6 Å². The standard InChI is InChI=1S/C28H20F4N8/c29-18-3-1-2-16(9-18)24-25-19(4-6-34-24)36-27(37-25)26-21-20(38-39-26)12-35-23(22(21)30)17-8-15(10-33-11-17)13-40-7-5-28(31,32)14-40/h1-4,6,8-12H,5,7,13-14H2,(H,36,37)(H,38,39). The van der Waals surface area contributed by atoms with Gasteiger partial charge in [-0.05, 0) is 29.8 Å². The summed E-state index contributed by atoms with van der Waals surface area (Å²) in [5.74, 6) is -3.43. The van der Waals surface area contributed by atoms with Gasteiger partial charge >= 0.3 is 0 Å². The van der Waals surface area contributed by atoms with Gasteiger partial charge in [0, 0.05) is 49.2 Å². The largest absolute Gasteiger partial charge is 0.336 e. The Balaban J connectivity index is 1.28. The summed E-state index contributed by atoms with van der Waals surface area (Å²) in [6, 6.07) is 9.47. The van der Waals surface area contributed by atoms with Gasteiger partial charge in [0.15, 0.2) is 11.6 Å². The SMILES string of the molecule is Fc1cccc(-c2nccc3[nH]c(-c4n[nH]c5cnc(-c6cncc(CN7CCC(F)(F)C7)c6)c(F)c45)nc23)c1. The Morgan fingerprint density at radius 1 is 0.925 bits per heavy atom. The lowest BCUT2D eigenvalue weighted by Gasteiger charge is -2.15. The van der Waals surface area contributed by atoms with Crippen LogP contribution in [0.4, 0.5) is 17.6 Å². The molecular weight excluding hydrogens is 524 g/mol. The molecule has 0 bridgehead atoms. The van der Waals surface area contributed by atoms with Gasteiger partial charge in [0.2, 0.25) is 0 Å². The third-order valence-electron chi connectivity index (χ3n) is 6.99. The van der Waals surface area contributed by atoms with Gasteiger partial charge in [0.1, 0.15) is 22.7 Å². The molecule has 200 valence electrons. The van der Waals surface area contributed by atoms with Crippen molar-refractivity contribution in [1.82, 2.24) is 40.0 Å². The molecule has 2 N–H and O–H groups in total. The molecule has 1 aliphatic rings. The fourth-order valence-electron chi connectivity index (χ4n) is 5.15. The van der Waals surface area contributed by atoms with Crippen LogP contribution in [0.5, 0.6) is 0 Å². The van der Waals surface area contributed by atoms with E-state index in [2.05, 4.69) is 35.1 Å². The first-order valence-electron chi connectivity index (χ1n) is 12.5. The van der Waals surface area contributed by atoms with E-state index in [1.165, 1.54) is 24.5 Å². The van der Waals surface area contributed by atoms with Crippen molar-refractivity contribution in [2.75, 3.05) is 13.1 Å². The number of nitrogens with zero attached hydrogens (tertiary/aromatic N) is 6. The van der Waals surface area contributed by atoms with Crippen LogP contribution in [0, 0.1) is 11.6 Å². The molecule has 40 heavy (non-hydrogen) atoms. The minimum Gasteiger partial charge on any atom is -0.336 e. The average molecular weight is 545 g/mol. The van der Waals surface area contributed by atoms with Crippen molar-refractivity contribution in [3.63, 3.8) is 0 Å². The number of hydrogen-bond donors (Lipinski definition) is 2. The molecular formula is C28H20F4N8. The van der Waals surface area contributed by atoms with E-state index in [1.54, 1.807) is 41.6 Å². The Labute approximate surface area is 224 Å². The highest BCUT2D eigenvalue weighted by Gasteiger charge is 2.38. The fourth-order valence-corrected chi connectivity index (χ4v) is 5.15. The number of aromatic nitrogens is 7. The van der Waals surface area contributed by atoms with Crippen LogP contribution in [-0.2, 0) is 6.54 Å². The predicted molar refractivity (Wildman–Crippen MR) is 140 cm³/mol. The molecule has 8 nitrogen and oxygen atoms in total. The summed E-state index contributed by atoms with van der Waals surface area (Å²) in [7, 11) is 0. The Kier molecular flexibility index (Phi) is 5.59. The van der Waals surface area contributed by atoms with Gasteiger partial charge in [-0.1, -0.05) is 12.1 Å². The number of rotatable bonds is 5. The van der Waals surface area contributed by atoms with E-state index >= 15 is 4.39 Å². The lowest BCUT2D eigenvalue weighted by Crippen LogP contribution is -2.24. The molecule has 0 atom stereocenters. The summed E-state index contributed by atoms with van der Waals surface area (Å²) in [5, 5.41) is 7.28. The number of pyridine rings is 3. The van der Waals surface area contributed by atoms with Crippen LogP contribution >= 0.6 is 0 Å². The highest BCUT2D eigenvalue weighted by molar-refractivity contribution is 5.97. The first kappa shape index (κ1) is 24.3. The quantitative estimate of drug-likeness (QED) is 0.269. The zero-order valence-corrected chi connectivity index (χ0v) is 20.8. The van der Waals surface area contributed by atoms with Crippen molar-refractivity contribution >= 4 is 21.9 Å². The molecule has 1 aliphatic heterocycles. The lowest BCUT2D eigenvalue weighted by molar-refractivity contribution is 0.0115. The molecule has 5 aromatic heterocycles. The Hall–Kier alpha value is -4.71. The Morgan fingerprint density at radius 2 is 1.82 bits per heavy atom. The van der Waals surface area contributed by atoms with Crippen LogP contribution in [0.2, 0.25) is 0 Å². The van der Waals surface area contributed by atoms with Crippen LogP contribution in [0.25, 0.3) is 56.0 Å². The number of benzene rings is 1. The van der Waals surface area contributed by atoms with E-state index in [0.29, 0.717) is 44.8 Å². The van der Waals surface area contributed by atoms with Crippen molar-refractivity contribution in [1.29, 1.82) is 0 Å². The second-order valence-electron chi connectivity index (χ2n) is 9.83. The van der Waals surface area contributed by atoms with Gasteiger partial charge < -0.3 is 4.98 Å². The predicted octanol–water partition coefficient (Wildman–Crippen LogP) is 5.74. The maximum absolute atomic E-state index is 16.1. The minimum atomic E-state index is -2.70. The smallest absolute Gasteiger partial charge is 0.261 e. The summed E-state index contributed by atoms with van der Waals surface area (Å²) in [6.07, 6.45) is 5.94.